The Morgan fingerprint density at radius 2 is 2.18 bits per heavy atom. The van der Waals surface area contributed by atoms with Crippen LogP contribution in [0.3, 0.4) is 0 Å². The summed E-state index contributed by atoms with van der Waals surface area (Å²) in [6, 6.07) is 6.37. The highest BCUT2D eigenvalue weighted by molar-refractivity contribution is 5.79. The monoisotopic (exact) mass is 389 g/mol. The highest BCUT2D eigenvalue weighted by Gasteiger charge is 2.36. The second kappa shape index (κ2) is 10.1. The Balaban J connectivity index is 1.54. The van der Waals surface area contributed by atoms with E-state index >= 15 is 0 Å². The van der Waals surface area contributed by atoms with Crippen molar-refractivity contribution in [2.45, 2.75) is 51.7 Å². The van der Waals surface area contributed by atoms with Gasteiger partial charge in [0.2, 0.25) is 0 Å². The third-order valence-electron chi connectivity index (χ3n) is 5.96. The number of hydrogen-bond donors (Lipinski definition) is 2. The molecule has 1 aliphatic heterocycles. The van der Waals surface area contributed by atoms with Crippen molar-refractivity contribution in [1.82, 2.24) is 10.6 Å². The summed E-state index contributed by atoms with van der Waals surface area (Å²) < 4.78 is 16.9. The van der Waals surface area contributed by atoms with E-state index in [2.05, 4.69) is 40.7 Å². The minimum Gasteiger partial charge on any atom is -0.488 e. The number of aryl methyl sites for hydroxylation is 1. The number of rotatable bonds is 9. The summed E-state index contributed by atoms with van der Waals surface area (Å²) in [6.45, 7) is 5.98. The van der Waals surface area contributed by atoms with E-state index < -0.39 is 0 Å². The molecule has 3 rings (SSSR count). The predicted molar refractivity (Wildman–Crippen MR) is 112 cm³/mol. The SMILES string of the molecule is CN=C(NCc1ccc(C)cc1OC1CCOC1)NCC1(CCOC)CCC1. The fourth-order valence-electron chi connectivity index (χ4n) is 3.88. The zero-order valence-electron chi connectivity index (χ0n) is 17.6. The Kier molecular flexibility index (Phi) is 7.57. The molecule has 6 heteroatoms. The molecule has 0 radical (unpaired) electrons. The van der Waals surface area contributed by atoms with Gasteiger partial charge >= 0.3 is 0 Å². The van der Waals surface area contributed by atoms with E-state index in [-0.39, 0.29) is 6.10 Å². The molecule has 2 aliphatic rings. The first-order valence-electron chi connectivity index (χ1n) is 10.4. The molecule has 6 nitrogen and oxygen atoms in total. The number of ether oxygens (including phenoxy) is 3. The van der Waals surface area contributed by atoms with Gasteiger partial charge in [-0.3, -0.25) is 4.99 Å². The highest BCUT2D eigenvalue weighted by atomic mass is 16.5. The van der Waals surface area contributed by atoms with Crippen molar-refractivity contribution in [3.05, 3.63) is 29.3 Å². The first-order chi connectivity index (χ1) is 13.6. The lowest BCUT2D eigenvalue weighted by atomic mass is 9.67. The molecule has 2 fully saturated rings. The number of aliphatic imine (C=N–C) groups is 1. The van der Waals surface area contributed by atoms with Crippen LogP contribution in [0, 0.1) is 12.3 Å². The van der Waals surface area contributed by atoms with Crippen molar-refractivity contribution in [2.24, 2.45) is 10.4 Å². The fourth-order valence-corrected chi connectivity index (χ4v) is 3.88. The van der Waals surface area contributed by atoms with Gasteiger partial charge in [0.1, 0.15) is 11.9 Å². The van der Waals surface area contributed by atoms with E-state index in [1.54, 1.807) is 7.11 Å². The molecule has 0 spiro atoms. The summed E-state index contributed by atoms with van der Waals surface area (Å²) in [5.41, 5.74) is 2.69. The largest absolute Gasteiger partial charge is 0.488 e. The first-order valence-corrected chi connectivity index (χ1v) is 10.4. The van der Waals surface area contributed by atoms with Crippen LogP contribution >= 0.6 is 0 Å². The summed E-state index contributed by atoms with van der Waals surface area (Å²) in [5, 5.41) is 6.96. The Hall–Kier alpha value is -1.79. The average Bonchev–Trinajstić information content (AvgIpc) is 3.17. The van der Waals surface area contributed by atoms with Crippen molar-refractivity contribution in [3.8, 4) is 5.75 Å². The average molecular weight is 390 g/mol. The third kappa shape index (κ3) is 5.61. The summed E-state index contributed by atoms with van der Waals surface area (Å²) in [5.74, 6) is 1.77. The Morgan fingerprint density at radius 1 is 1.32 bits per heavy atom. The molecule has 1 unspecified atom stereocenters. The molecule has 0 bridgehead atoms. The Labute approximate surface area is 169 Å². The van der Waals surface area contributed by atoms with Crippen LogP contribution in [0.5, 0.6) is 5.75 Å². The van der Waals surface area contributed by atoms with Crippen LogP contribution in [0.2, 0.25) is 0 Å². The van der Waals surface area contributed by atoms with E-state index in [0.29, 0.717) is 18.6 Å². The first kappa shape index (κ1) is 20.9. The van der Waals surface area contributed by atoms with E-state index in [1.807, 2.05) is 7.05 Å². The van der Waals surface area contributed by atoms with E-state index in [0.717, 1.165) is 49.9 Å². The van der Waals surface area contributed by atoms with Crippen LogP contribution in [-0.4, -0.2) is 52.6 Å². The van der Waals surface area contributed by atoms with Crippen molar-refractivity contribution in [3.63, 3.8) is 0 Å². The molecular formula is C22H35N3O3. The second-order valence-electron chi connectivity index (χ2n) is 8.09. The summed E-state index contributed by atoms with van der Waals surface area (Å²) in [4.78, 5) is 4.40. The highest BCUT2D eigenvalue weighted by Crippen LogP contribution is 2.43. The molecule has 28 heavy (non-hydrogen) atoms. The van der Waals surface area contributed by atoms with Gasteiger partial charge < -0.3 is 24.8 Å². The zero-order valence-corrected chi connectivity index (χ0v) is 17.6. The summed E-state index contributed by atoms with van der Waals surface area (Å²) >= 11 is 0. The van der Waals surface area contributed by atoms with Crippen molar-refractivity contribution in [1.29, 1.82) is 0 Å². The number of nitrogens with one attached hydrogen (secondary N) is 2. The molecule has 1 saturated heterocycles. The van der Waals surface area contributed by atoms with Crippen LogP contribution in [0.25, 0.3) is 0 Å². The number of benzene rings is 1. The van der Waals surface area contributed by atoms with Crippen molar-refractivity contribution < 1.29 is 14.2 Å². The maximum atomic E-state index is 6.20. The van der Waals surface area contributed by atoms with Gasteiger partial charge in [-0.1, -0.05) is 18.6 Å². The molecule has 1 heterocycles. The van der Waals surface area contributed by atoms with Crippen LogP contribution in [-0.2, 0) is 16.0 Å². The lowest BCUT2D eigenvalue weighted by Crippen LogP contribution is -2.46. The Morgan fingerprint density at radius 3 is 2.82 bits per heavy atom. The number of nitrogens with zero attached hydrogens (tertiary/aromatic N) is 1. The van der Waals surface area contributed by atoms with Gasteiger partial charge in [0, 0.05) is 45.8 Å². The maximum absolute atomic E-state index is 6.20. The minimum atomic E-state index is 0.150. The smallest absolute Gasteiger partial charge is 0.191 e. The normalized spacial score (nSPS) is 21.2. The summed E-state index contributed by atoms with van der Waals surface area (Å²) in [7, 11) is 3.60. The molecule has 1 aliphatic carbocycles. The van der Waals surface area contributed by atoms with E-state index in [9.17, 15) is 0 Å². The lowest BCUT2D eigenvalue weighted by molar-refractivity contribution is 0.0732. The van der Waals surface area contributed by atoms with Gasteiger partial charge in [-0.25, -0.2) is 0 Å². The molecule has 156 valence electrons. The molecule has 2 N–H and O–H groups in total. The molecule has 0 aromatic heterocycles. The van der Waals surface area contributed by atoms with Gasteiger partial charge in [0.15, 0.2) is 5.96 Å². The quantitative estimate of drug-likeness (QED) is 0.502. The predicted octanol–water partition coefficient (Wildman–Crippen LogP) is 3.03. The number of guanidine groups is 1. The zero-order chi connectivity index (χ0) is 19.8. The van der Waals surface area contributed by atoms with Gasteiger partial charge in [-0.05, 0) is 43.2 Å². The topological polar surface area (TPSA) is 64.1 Å². The minimum absolute atomic E-state index is 0.150. The molecule has 1 atom stereocenters. The standard InChI is InChI=1S/C22H35N3O3/c1-17-5-6-18(20(13-17)28-19-7-11-27-15-19)14-24-21(23-2)25-16-22(8-4-9-22)10-12-26-3/h5-6,13,19H,4,7-12,14-16H2,1-3H3,(H2,23,24,25). The Bertz CT molecular complexity index is 652. The van der Waals surface area contributed by atoms with Gasteiger partial charge in [0.25, 0.3) is 0 Å². The molecular weight excluding hydrogens is 354 g/mol. The van der Waals surface area contributed by atoms with Gasteiger partial charge in [0.05, 0.1) is 13.2 Å². The van der Waals surface area contributed by atoms with Crippen LogP contribution in [0.4, 0.5) is 0 Å². The van der Waals surface area contributed by atoms with E-state index in [1.165, 1.54) is 24.8 Å². The summed E-state index contributed by atoms with van der Waals surface area (Å²) in [6.07, 6.45) is 6.05. The molecule has 0 amide bonds. The second-order valence-corrected chi connectivity index (χ2v) is 8.09. The van der Waals surface area contributed by atoms with Crippen molar-refractivity contribution >= 4 is 5.96 Å². The lowest BCUT2D eigenvalue weighted by Gasteiger charge is -2.42. The molecule has 1 aromatic carbocycles. The van der Waals surface area contributed by atoms with Crippen LogP contribution < -0.4 is 15.4 Å². The number of methoxy groups -OCH3 is 1. The van der Waals surface area contributed by atoms with Crippen molar-refractivity contribution in [2.75, 3.05) is 40.5 Å². The fraction of sp³-hybridized carbons (Fsp3) is 0.682. The van der Waals surface area contributed by atoms with Crippen LogP contribution in [0.1, 0.15) is 43.2 Å². The number of hydrogen-bond acceptors (Lipinski definition) is 4. The van der Waals surface area contributed by atoms with Crippen LogP contribution in [0.15, 0.2) is 23.2 Å². The van der Waals surface area contributed by atoms with Gasteiger partial charge in [-0.2, -0.15) is 0 Å². The van der Waals surface area contributed by atoms with Gasteiger partial charge in [-0.15, -0.1) is 0 Å². The molecule has 1 saturated carbocycles. The van der Waals surface area contributed by atoms with E-state index in [4.69, 9.17) is 14.2 Å². The third-order valence-corrected chi connectivity index (χ3v) is 5.96. The maximum Gasteiger partial charge on any atom is 0.191 e. The molecule has 1 aromatic rings.